The number of nitrogens with one attached hydrogen (secondary N) is 1. The van der Waals surface area contributed by atoms with Crippen LogP contribution in [-0.4, -0.2) is 25.2 Å². The molecule has 2 aromatic rings. The van der Waals surface area contributed by atoms with E-state index in [4.69, 9.17) is 0 Å². The highest BCUT2D eigenvalue weighted by molar-refractivity contribution is 8.01. The second kappa shape index (κ2) is 5.04. The average Bonchev–Trinajstić information content (AvgIpc) is 2.85. The summed E-state index contributed by atoms with van der Waals surface area (Å²) < 4.78 is 0.468. The normalized spacial score (nSPS) is 12.6. The molecule has 2 rings (SSSR count). The van der Waals surface area contributed by atoms with Crippen molar-refractivity contribution in [2.24, 2.45) is 0 Å². The number of H-pyrrole nitrogens is 1. The van der Waals surface area contributed by atoms with E-state index in [-0.39, 0.29) is 5.69 Å². The largest absolute Gasteiger partial charge is 0.388 e. The standard InChI is InChI=1S/C9H10N4O3S2/c1-4(14)7-3-6(13(15)16)8(17-7)18-9-10-5(2)11-12-9/h3-4,14H,1-2H3,(H,10,11,12)/t4-/m1/s1. The van der Waals surface area contributed by atoms with Crippen molar-refractivity contribution in [1.82, 2.24) is 15.2 Å². The van der Waals surface area contributed by atoms with Crippen LogP contribution in [0, 0.1) is 17.0 Å². The van der Waals surface area contributed by atoms with E-state index >= 15 is 0 Å². The highest BCUT2D eigenvalue weighted by Crippen LogP contribution is 2.41. The first-order chi connectivity index (χ1) is 8.47. The highest BCUT2D eigenvalue weighted by atomic mass is 32.2. The molecule has 0 aliphatic carbocycles. The zero-order valence-electron chi connectivity index (χ0n) is 9.58. The van der Waals surface area contributed by atoms with E-state index in [1.165, 1.54) is 17.4 Å². The van der Waals surface area contributed by atoms with Gasteiger partial charge in [-0.25, -0.2) is 4.98 Å². The van der Waals surface area contributed by atoms with Gasteiger partial charge in [0.15, 0.2) is 0 Å². The summed E-state index contributed by atoms with van der Waals surface area (Å²) in [5.74, 6) is 0.646. The van der Waals surface area contributed by atoms with Crippen LogP contribution in [0.5, 0.6) is 0 Å². The van der Waals surface area contributed by atoms with Crippen molar-refractivity contribution in [2.75, 3.05) is 0 Å². The number of hydrogen-bond donors (Lipinski definition) is 2. The van der Waals surface area contributed by atoms with Gasteiger partial charge in [0.2, 0.25) is 5.16 Å². The van der Waals surface area contributed by atoms with E-state index in [0.29, 0.717) is 20.1 Å². The summed E-state index contributed by atoms with van der Waals surface area (Å²) >= 11 is 2.29. The molecule has 0 fully saturated rings. The predicted octanol–water partition coefficient (Wildman–Crippen LogP) is 2.29. The molecule has 2 N–H and O–H groups in total. The lowest BCUT2D eigenvalue weighted by Crippen LogP contribution is -1.87. The molecule has 0 radical (unpaired) electrons. The number of aliphatic hydroxyl groups excluding tert-OH is 1. The molecule has 0 saturated heterocycles. The number of thiophene rings is 1. The fourth-order valence-corrected chi connectivity index (χ4v) is 3.39. The van der Waals surface area contributed by atoms with E-state index in [2.05, 4.69) is 15.2 Å². The number of aliphatic hydroxyl groups is 1. The van der Waals surface area contributed by atoms with E-state index in [1.807, 2.05) is 0 Å². The number of nitro groups is 1. The minimum absolute atomic E-state index is 0.0247. The van der Waals surface area contributed by atoms with E-state index in [0.717, 1.165) is 11.8 Å². The number of aromatic nitrogens is 3. The van der Waals surface area contributed by atoms with Gasteiger partial charge in [-0.3, -0.25) is 15.2 Å². The van der Waals surface area contributed by atoms with Crippen molar-refractivity contribution in [1.29, 1.82) is 0 Å². The molecule has 0 unspecified atom stereocenters. The lowest BCUT2D eigenvalue weighted by atomic mass is 10.3. The van der Waals surface area contributed by atoms with E-state index in [1.54, 1.807) is 13.8 Å². The molecule has 0 amide bonds. The molecule has 1 atom stereocenters. The zero-order valence-corrected chi connectivity index (χ0v) is 11.2. The van der Waals surface area contributed by atoms with Crippen molar-refractivity contribution in [3.63, 3.8) is 0 Å². The smallest absolute Gasteiger partial charge is 0.294 e. The van der Waals surface area contributed by atoms with E-state index < -0.39 is 11.0 Å². The van der Waals surface area contributed by atoms with Gasteiger partial charge < -0.3 is 5.11 Å². The maximum Gasteiger partial charge on any atom is 0.294 e. The highest BCUT2D eigenvalue weighted by Gasteiger charge is 2.22. The van der Waals surface area contributed by atoms with Crippen molar-refractivity contribution in [3.05, 3.63) is 26.9 Å². The molecule has 0 aliphatic heterocycles. The molecule has 0 saturated carbocycles. The van der Waals surface area contributed by atoms with Crippen LogP contribution < -0.4 is 0 Å². The van der Waals surface area contributed by atoms with Crippen LogP contribution in [0.1, 0.15) is 23.7 Å². The molecule has 9 heteroatoms. The minimum Gasteiger partial charge on any atom is -0.388 e. The summed E-state index contributed by atoms with van der Waals surface area (Å²) in [5.41, 5.74) is -0.0247. The molecule has 2 aromatic heterocycles. The van der Waals surface area contributed by atoms with Gasteiger partial charge in [-0.1, -0.05) is 0 Å². The number of aryl methyl sites for hydroxylation is 1. The summed E-state index contributed by atoms with van der Waals surface area (Å²) in [6, 6.07) is 1.39. The minimum atomic E-state index is -0.725. The molecule has 0 aromatic carbocycles. The van der Waals surface area contributed by atoms with Gasteiger partial charge in [-0.05, 0) is 25.6 Å². The Bertz CT molecular complexity index is 578. The monoisotopic (exact) mass is 286 g/mol. The summed E-state index contributed by atoms with van der Waals surface area (Å²) in [7, 11) is 0. The number of nitrogens with zero attached hydrogens (tertiary/aromatic N) is 3. The van der Waals surface area contributed by atoms with Crippen LogP contribution in [0.2, 0.25) is 0 Å². The van der Waals surface area contributed by atoms with Crippen LogP contribution >= 0.6 is 23.1 Å². The molecular weight excluding hydrogens is 276 g/mol. The Hall–Kier alpha value is -1.45. The Kier molecular flexibility index (Phi) is 3.64. The second-order valence-electron chi connectivity index (χ2n) is 3.56. The summed E-state index contributed by atoms with van der Waals surface area (Å²) in [4.78, 5) is 15.1. The number of hydrogen-bond acceptors (Lipinski definition) is 7. The predicted molar refractivity (Wildman–Crippen MR) is 66.8 cm³/mol. The zero-order chi connectivity index (χ0) is 13.3. The first-order valence-corrected chi connectivity index (χ1v) is 6.63. The Morgan fingerprint density at radius 2 is 2.39 bits per heavy atom. The Morgan fingerprint density at radius 3 is 2.89 bits per heavy atom. The Labute approximate surface area is 110 Å². The van der Waals surface area contributed by atoms with E-state index in [9.17, 15) is 15.2 Å². The van der Waals surface area contributed by atoms with Gasteiger partial charge in [-0.15, -0.1) is 16.4 Å². The second-order valence-corrected chi connectivity index (χ2v) is 5.88. The average molecular weight is 286 g/mol. The van der Waals surface area contributed by atoms with Crippen molar-refractivity contribution >= 4 is 28.8 Å². The maximum absolute atomic E-state index is 10.9. The molecule has 0 aliphatic rings. The third-order valence-electron chi connectivity index (χ3n) is 2.07. The van der Waals surface area contributed by atoms with Crippen LogP contribution in [-0.2, 0) is 0 Å². The molecule has 96 valence electrons. The topological polar surface area (TPSA) is 105 Å². The molecule has 7 nitrogen and oxygen atoms in total. The summed E-state index contributed by atoms with van der Waals surface area (Å²) in [6.45, 7) is 3.32. The molecule has 18 heavy (non-hydrogen) atoms. The van der Waals surface area contributed by atoms with Gasteiger partial charge in [0.25, 0.3) is 5.69 Å². The molecular formula is C9H10N4O3S2. The molecule has 2 heterocycles. The van der Waals surface area contributed by atoms with Gasteiger partial charge in [-0.2, -0.15) is 0 Å². The Balaban J connectivity index is 2.33. The number of aromatic amines is 1. The van der Waals surface area contributed by atoms with Gasteiger partial charge >= 0.3 is 0 Å². The van der Waals surface area contributed by atoms with Crippen LogP contribution in [0.3, 0.4) is 0 Å². The quantitative estimate of drug-likeness (QED) is 0.660. The fraction of sp³-hybridized carbons (Fsp3) is 0.333. The number of rotatable bonds is 4. The van der Waals surface area contributed by atoms with Gasteiger partial charge in [0.1, 0.15) is 10.0 Å². The van der Waals surface area contributed by atoms with Crippen molar-refractivity contribution in [2.45, 2.75) is 29.3 Å². The first kappa shape index (κ1) is 13.0. The molecule has 0 spiro atoms. The Morgan fingerprint density at radius 1 is 1.67 bits per heavy atom. The van der Waals surface area contributed by atoms with Crippen LogP contribution in [0.15, 0.2) is 15.4 Å². The van der Waals surface area contributed by atoms with Crippen LogP contribution in [0.25, 0.3) is 0 Å². The van der Waals surface area contributed by atoms with Gasteiger partial charge in [0, 0.05) is 10.9 Å². The third-order valence-corrected chi connectivity index (χ3v) is 4.42. The van der Waals surface area contributed by atoms with Crippen molar-refractivity contribution < 1.29 is 10.0 Å². The van der Waals surface area contributed by atoms with Gasteiger partial charge in [0.05, 0.1) is 11.0 Å². The summed E-state index contributed by atoms with van der Waals surface area (Å²) in [5, 5.41) is 27.4. The van der Waals surface area contributed by atoms with Crippen molar-refractivity contribution in [3.8, 4) is 0 Å². The fourth-order valence-electron chi connectivity index (χ4n) is 1.24. The SMILES string of the molecule is Cc1nc(Sc2sc([C@@H](C)O)cc2[N+](=O)[O-])n[nH]1. The summed E-state index contributed by atoms with van der Waals surface area (Å²) in [6.07, 6.45) is -0.725. The third kappa shape index (κ3) is 2.68. The first-order valence-electron chi connectivity index (χ1n) is 5.00. The lowest BCUT2D eigenvalue weighted by Gasteiger charge is -1.95. The molecule has 0 bridgehead atoms. The van der Waals surface area contributed by atoms with Crippen LogP contribution in [0.4, 0.5) is 5.69 Å². The lowest BCUT2D eigenvalue weighted by molar-refractivity contribution is -0.387. The maximum atomic E-state index is 10.9.